The van der Waals surface area contributed by atoms with Crippen LogP contribution in [0.15, 0.2) is 109 Å². The van der Waals surface area contributed by atoms with Crippen LogP contribution in [-0.2, 0) is 45.0 Å². The molecule has 260 valence electrons. The number of rotatable bonds is 10. The zero-order chi connectivity index (χ0) is 35.3. The summed E-state index contributed by atoms with van der Waals surface area (Å²) in [7, 11) is 0. The number of amides is 4. The molecular weight excluding hydrogens is 638 g/mol. The third-order valence-electron chi connectivity index (χ3n) is 10.3. The van der Waals surface area contributed by atoms with E-state index in [4.69, 9.17) is 5.73 Å². The molecule has 3 atom stereocenters. The summed E-state index contributed by atoms with van der Waals surface area (Å²) in [6.45, 7) is 1.67. The molecular formula is C42H43N5O4. The normalized spacial score (nSPS) is 17.3. The molecule has 0 aromatic heterocycles. The molecule has 9 heteroatoms. The van der Waals surface area contributed by atoms with Crippen molar-refractivity contribution in [2.24, 2.45) is 11.7 Å². The molecule has 2 aliphatic rings. The Morgan fingerprint density at radius 1 is 0.686 bits per heavy atom. The first-order chi connectivity index (χ1) is 24.8. The summed E-state index contributed by atoms with van der Waals surface area (Å²) in [5, 5.41) is 13.6. The molecule has 0 aliphatic carbocycles. The van der Waals surface area contributed by atoms with Gasteiger partial charge in [-0.15, -0.1) is 0 Å². The average molecular weight is 682 g/mol. The van der Waals surface area contributed by atoms with E-state index in [1.54, 1.807) is 0 Å². The van der Waals surface area contributed by atoms with Crippen LogP contribution in [0.1, 0.15) is 35.1 Å². The predicted molar refractivity (Wildman–Crippen MR) is 198 cm³/mol. The number of piperidine rings is 1. The quantitative estimate of drug-likeness (QED) is 0.176. The van der Waals surface area contributed by atoms with Crippen LogP contribution in [0.25, 0.3) is 21.5 Å². The largest absolute Gasteiger partial charge is 0.368 e. The number of benzene rings is 5. The lowest BCUT2D eigenvalue weighted by Crippen LogP contribution is -2.60. The Morgan fingerprint density at radius 3 is 1.84 bits per heavy atom. The highest BCUT2D eigenvalue weighted by atomic mass is 16.2. The van der Waals surface area contributed by atoms with Gasteiger partial charge in [-0.2, -0.15) is 0 Å². The number of hydrogen-bond acceptors (Lipinski definition) is 5. The molecule has 0 saturated carbocycles. The second kappa shape index (κ2) is 15.1. The second-order valence-corrected chi connectivity index (χ2v) is 13.8. The van der Waals surface area contributed by atoms with E-state index in [9.17, 15) is 19.2 Å². The van der Waals surface area contributed by atoms with Crippen LogP contribution < -0.4 is 21.7 Å². The molecule has 0 radical (unpaired) electrons. The molecule has 2 heterocycles. The van der Waals surface area contributed by atoms with Crippen LogP contribution in [0, 0.1) is 5.92 Å². The molecule has 7 rings (SSSR count). The minimum absolute atomic E-state index is 0.170. The van der Waals surface area contributed by atoms with Gasteiger partial charge in [0.15, 0.2) is 0 Å². The topological polar surface area (TPSA) is 134 Å². The van der Waals surface area contributed by atoms with Gasteiger partial charge in [-0.05, 0) is 69.7 Å². The van der Waals surface area contributed by atoms with Gasteiger partial charge in [-0.25, -0.2) is 0 Å². The second-order valence-electron chi connectivity index (χ2n) is 13.8. The summed E-state index contributed by atoms with van der Waals surface area (Å²) in [6, 6.07) is 32.8. The number of nitrogens with two attached hydrogens (primary N) is 1. The van der Waals surface area contributed by atoms with E-state index < -0.39 is 35.8 Å². The summed E-state index contributed by atoms with van der Waals surface area (Å²) in [6.07, 6.45) is 2.09. The summed E-state index contributed by atoms with van der Waals surface area (Å²) < 4.78 is 0. The molecule has 9 nitrogen and oxygen atoms in total. The summed E-state index contributed by atoms with van der Waals surface area (Å²) in [5.74, 6) is -1.84. The zero-order valence-electron chi connectivity index (χ0n) is 28.5. The minimum atomic E-state index is -1.03. The van der Waals surface area contributed by atoms with E-state index in [1.165, 1.54) is 4.90 Å². The van der Waals surface area contributed by atoms with E-state index in [-0.39, 0.29) is 31.2 Å². The lowest BCUT2D eigenvalue weighted by molar-refractivity contribution is -0.144. The van der Waals surface area contributed by atoms with Crippen molar-refractivity contribution in [1.29, 1.82) is 0 Å². The first kappa shape index (κ1) is 33.9. The van der Waals surface area contributed by atoms with Crippen molar-refractivity contribution in [3.8, 4) is 0 Å². The fourth-order valence-corrected chi connectivity index (χ4v) is 7.47. The highest BCUT2D eigenvalue weighted by Crippen LogP contribution is 2.26. The van der Waals surface area contributed by atoms with Crippen molar-refractivity contribution >= 4 is 45.2 Å². The van der Waals surface area contributed by atoms with E-state index in [0.717, 1.165) is 56.9 Å². The molecule has 5 aromatic carbocycles. The van der Waals surface area contributed by atoms with Crippen LogP contribution in [0.2, 0.25) is 0 Å². The monoisotopic (exact) mass is 681 g/mol. The molecule has 51 heavy (non-hydrogen) atoms. The maximum atomic E-state index is 14.6. The minimum Gasteiger partial charge on any atom is -0.368 e. The zero-order valence-corrected chi connectivity index (χ0v) is 28.5. The van der Waals surface area contributed by atoms with Crippen LogP contribution in [0.4, 0.5) is 0 Å². The Kier molecular flexibility index (Phi) is 10.1. The number of carbonyl (C=O) groups excluding carboxylic acids is 4. The maximum absolute atomic E-state index is 14.6. The van der Waals surface area contributed by atoms with E-state index in [0.29, 0.717) is 19.3 Å². The first-order valence-corrected chi connectivity index (χ1v) is 17.8. The van der Waals surface area contributed by atoms with Gasteiger partial charge in [0.25, 0.3) is 0 Å². The number of hydrogen-bond donors (Lipinski definition) is 4. The fraction of sp³-hybridized carbons (Fsp3) is 0.286. The van der Waals surface area contributed by atoms with E-state index >= 15 is 0 Å². The Hall–Kier alpha value is -5.54. The highest BCUT2D eigenvalue weighted by molar-refractivity contribution is 5.95. The molecule has 5 aromatic rings. The summed E-state index contributed by atoms with van der Waals surface area (Å²) in [4.78, 5) is 57.0. The Bertz CT molecular complexity index is 2090. The lowest BCUT2D eigenvalue weighted by Gasteiger charge is -2.37. The molecule has 2 aliphatic heterocycles. The maximum Gasteiger partial charge on any atom is 0.246 e. The smallest absolute Gasteiger partial charge is 0.246 e. The van der Waals surface area contributed by atoms with Gasteiger partial charge in [-0.3, -0.25) is 19.2 Å². The number of nitrogens with zero attached hydrogens (tertiary/aromatic N) is 1. The summed E-state index contributed by atoms with van der Waals surface area (Å²) in [5.41, 5.74) is 9.54. The van der Waals surface area contributed by atoms with Gasteiger partial charge in [-0.1, -0.05) is 109 Å². The first-order valence-electron chi connectivity index (χ1n) is 17.8. The molecule has 5 N–H and O–H groups in total. The van der Waals surface area contributed by atoms with Gasteiger partial charge in [0.2, 0.25) is 23.6 Å². The highest BCUT2D eigenvalue weighted by Gasteiger charge is 2.38. The SMILES string of the molecule is NC(=O)[C@@H]1Cc2ccccc2CN1C(=O)[C@@H](Cc1ccc2ccccc2c1)NC(=O)[C@@H](Cc1ccc2ccccc2c1)NC(=O)C1CCNCC1. The Balaban J connectivity index is 1.21. The standard InChI is InChI=1S/C42H43N5O4/c43-39(48)38-25-34-11-5-6-12-35(34)26-47(38)42(51)37(24-28-14-16-30-8-2-4-10-33(30)22-28)46-41(50)36(45-40(49)31-17-19-44-20-18-31)23-27-13-15-29-7-1-3-9-32(29)21-27/h1-16,21-22,31,36-38,44H,17-20,23-26H2,(H2,43,48)(H,45,49)(H,46,50)/t36-,37-,38+/m1/s1. The Labute approximate surface area is 297 Å². The fourth-order valence-electron chi connectivity index (χ4n) is 7.47. The van der Waals surface area contributed by atoms with Crippen molar-refractivity contribution in [2.75, 3.05) is 13.1 Å². The number of nitrogens with one attached hydrogen (secondary N) is 3. The summed E-state index contributed by atoms with van der Waals surface area (Å²) >= 11 is 0. The van der Waals surface area contributed by atoms with Crippen molar-refractivity contribution in [1.82, 2.24) is 20.9 Å². The van der Waals surface area contributed by atoms with Crippen molar-refractivity contribution in [3.05, 3.63) is 131 Å². The van der Waals surface area contributed by atoms with Crippen LogP contribution in [0.3, 0.4) is 0 Å². The third kappa shape index (κ3) is 7.79. The van der Waals surface area contributed by atoms with Crippen molar-refractivity contribution < 1.29 is 19.2 Å². The Morgan fingerprint density at radius 2 is 1.24 bits per heavy atom. The molecule has 0 bridgehead atoms. The number of fused-ring (bicyclic) bond motifs is 3. The van der Waals surface area contributed by atoms with Crippen LogP contribution in [-0.4, -0.2) is 59.7 Å². The van der Waals surface area contributed by atoms with Crippen LogP contribution >= 0.6 is 0 Å². The van der Waals surface area contributed by atoms with Crippen LogP contribution in [0.5, 0.6) is 0 Å². The van der Waals surface area contributed by atoms with Gasteiger partial charge < -0.3 is 26.6 Å². The molecule has 1 fully saturated rings. The van der Waals surface area contributed by atoms with Gasteiger partial charge in [0.1, 0.15) is 18.1 Å². The van der Waals surface area contributed by atoms with Crippen molar-refractivity contribution in [3.63, 3.8) is 0 Å². The molecule has 0 spiro atoms. The van der Waals surface area contributed by atoms with E-state index in [2.05, 4.69) is 16.0 Å². The number of primary amides is 1. The lowest BCUT2D eigenvalue weighted by atomic mass is 9.92. The average Bonchev–Trinajstić information content (AvgIpc) is 3.16. The van der Waals surface area contributed by atoms with Crippen molar-refractivity contribution in [2.45, 2.75) is 56.8 Å². The van der Waals surface area contributed by atoms with E-state index in [1.807, 2.05) is 109 Å². The molecule has 4 amide bonds. The molecule has 1 saturated heterocycles. The third-order valence-corrected chi connectivity index (χ3v) is 10.3. The van der Waals surface area contributed by atoms with Gasteiger partial charge >= 0.3 is 0 Å². The number of carbonyl (C=O) groups is 4. The molecule has 0 unspecified atom stereocenters. The van der Waals surface area contributed by atoms with Gasteiger partial charge in [0, 0.05) is 31.7 Å². The predicted octanol–water partition coefficient (Wildman–Crippen LogP) is 4.19. The van der Waals surface area contributed by atoms with Gasteiger partial charge in [0.05, 0.1) is 0 Å².